The van der Waals surface area contributed by atoms with Gasteiger partial charge < -0.3 is 14.9 Å². The van der Waals surface area contributed by atoms with Gasteiger partial charge in [-0.15, -0.1) is 0 Å². The highest BCUT2D eigenvalue weighted by molar-refractivity contribution is 5.75. The Bertz CT molecular complexity index is 778. The van der Waals surface area contributed by atoms with Gasteiger partial charge in [0.2, 0.25) is 0 Å². The van der Waals surface area contributed by atoms with E-state index < -0.39 is 0 Å². The highest BCUT2D eigenvalue weighted by atomic mass is 16.5. The summed E-state index contributed by atoms with van der Waals surface area (Å²) in [5.41, 5.74) is 9.84. The fraction of sp³-hybridized carbons (Fsp3) is 0.118. The van der Waals surface area contributed by atoms with Crippen LogP contribution in [0.5, 0.6) is 5.75 Å². The molecule has 4 nitrogen and oxygen atoms in total. The Morgan fingerprint density at radius 2 is 1.90 bits per heavy atom. The van der Waals surface area contributed by atoms with Gasteiger partial charge in [-0.3, -0.25) is 0 Å². The molecule has 1 aromatic heterocycles. The van der Waals surface area contributed by atoms with Crippen molar-refractivity contribution in [2.45, 2.75) is 6.92 Å². The van der Waals surface area contributed by atoms with Crippen LogP contribution in [-0.4, -0.2) is 12.1 Å². The number of aromatic nitrogens is 1. The van der Waals surface area contributed by atoms with E-state index in [0.29, 0.717) is 5.76 Å². The number of nitrogens with two attached hydrogens (primary N) is 1. The van der Waals surface area contributed by atoms with Crippen LogP contribution in [0.2, 0.25) is 0 Å². The number of methoxy groups -OCH3 is 1. The minimum absolute atomic E-state index is 0.146. The molecule has 2 aromatic carbocycles. The van der Waals surface area contributed by atoms with Crippen LogP contribution in [0.3, 0.4) is 0 Å². The van der Waals surface area contributed by atoms with Gasteiger partial charge in [0.15, 0.2) is 5.76 Å². The maximum Gasteiger partial charge on any atom is 0.292 e. The number of nitrogens with zero attached hydrogens (tertiary/aromatic N) is 1. The summed E-state index contributed by atoms with van der Waals surface area (Å²) in [5, 5.41) is 0. The Balaban J connectivity index is 2.13. The Labute approximate surface area is 123 Å². The van der Waals surface area contributed by atoms with Gasteiger partial charge in [0.25, 0.3) is 6.01 Å². The van der Waals surface area contributed by atoms with Gasteiger partial charge in [-0.05, 0) is 30.2 Å². The molecule has 1 heterocycles. The average molecular weight is 280 g/mol. The predicted molar refractivity (Wildman–Crippen MR) is 83.1 cm³/mol. The quantitative estimate of drug-likeness (QED) is 0.790. The molecule has 3 aromatic rings. The molecule has 0 saturated carbocycles. The van der Waals surface area contributed by atoms with E-state index in [2.05, 4.69) is 30.1 Å². The zero-order valence-electron chi connectivity index (χ0n) is 12.0. The summed E-state index contributed by atoms with van der Waals surface area (Å²) in [6.45, 7) is 2.07. The highest BCUT2D eigenvalue weighted by Gasteiger charge is 2.12. The van der Waals surface area contributed by atoms with Crippen molar-refractivity contribution in [2.24, 2.45) is 0 Å². The Morgan fingerprint density at radius 3 is 2.57 bits per heavy atom. The molecule has 0 unspecified atom stereocenters. The van der Waals surface area contributed by atoms with Gasteiger partial charge in [-0.2, -0.15) is 0 Å². The molecule has 0 aliphatic carbocycles. The number of benzene rings is 2. The van der Waals surface area contributed by atoms with E-state index in [1.807, 2.05) is 24.3 Å². The van der Waals surface area contributed by atoms with E-state index in [4.69, 9.17) is 14.9 Å². The summed E-state index contributed by atoms with van der Waals surface area (Å²) in [5.74, 6) is 1.32. The first-order valence-electron chi connectivity index (χ1n) is 6.64. The molecule has 0 bridgehead atoms. The van der Waals surface area contributed by atoms with Crippen LogP contribution >= 0.6 is 0 Å². The zero-order chi connectivity index (χ0) is 14.8. The number of nitrogen functional groups attached to an aromatic ring is 1. The summed E-state index contributed by atoms with van der Waals surface area (Å²) in [4.78, 5) is 3.94. The number of hydrogen-bond donors (Lipinski definition) is 1. The zero-order valence-corrected chi connectivity index (χ0v) is 12.0. The predicted octanol–water partition coefficient (Wildman–Crippen LogP) is 3.91. The molecular weight excluding hydrogens is 264 g/mol. The van der Waals surface area contributed by atoms with E-state index in [9.17, 15) is 0 Å². The molecule has 0 saturated heterocycles. The van der Waals surface area contributed by atoms with Gasteiger partial charge >= 0.3 is 0 Å². The van der Waals surface area contributed by atoms with Crippen molar-refractivity contribution < 1.29 is 9.15 Å². The summed E-state index contributed by atoms with van der Waals surface area (Å²) in [6.07, 6.45) is 1.60. The molecule has 3 rings (SSSR count). The minimum Gasteiger partial charge on any atom is -0.496 e. The topological polar surface area (TPSA) is 61.3 Å². The largest absolute Gasteiger partial charge is 0.496 e. The number of aryl methyl sites for hydroxylation is 1. The van der Waals surface area contributed by atoms with E-state index in [1.165, 1.54) is 5.56 Å². The average Bonchev–Trinajstić information content (AvgIpc) is 2.93. The summed E-state index contributed by atoms with van der Waals surface area (Å²) >= 11 is 0. The maximum atomic E-state index is 5.56. The molecular formula is C17H16N2O2. The van der Waals surface area contributed by atoms with Gasteiger partial charge in [0.1, 0.15) is 5.75 Å². The number of rotatable bonds is 3. The Morgan fingerprint density at radius 1 is 1.10 bits per heavy atom. The van der Waals surface area contributed by atoms with Crippen LogP contribution in [0, 0.1) is 6.92 Å². The van der Waals surface area contributed by atoms with Crippen molar-refractivity contribution in [3.63, 3.8) is 0 Å². The first-order valence-corrected chi connectivity index (χ1v) is 6.64. The molecule has 0 spiro atoms. The molecule has 0 aliphatic heterocycles. The Hall–Kier alpha value is -2.75. The van der Waals surface area contributed by atoms with Crippen LogP contribution < -0.4 is 10.5 Å². The van der Waals surface area contributed by atoms with Crippen molar-refractivity contribution in [1.29, 1.82) is 0 Å². The van der Waals surface area contributed by atoms with Gasteiger partial charge in [0, 0.05) is 0 Å². The first-order chi connectivity index (χ1) is 10.2. The lowest BCUT2D eigenvalue weighted by molar-refractivity contribution is 0.415. The third-order valence-corrected chi connectivity index (χ3v) is 3.34. The molecule has 0 atom stereocenters. The lowest BCUT2D eigenvalue weighted by Crippen LogP contribution is -1.89. The second kappa shape index (κ2) is 5.32. The number of hydrogen-bond acceptors (Lipinski definition) is 4. The van der Waals surface area contributed by atoms with Crippen molar-refractivity contribution in [2.75, 3.05) is 12.8 Å². The minimum atomic E-state index is 0.146. The van der Waals surface area contributed by atoms with Crippen LogP contribution in [0.15, 0.2) is 53.1 Å². The van der Waals surface area contributed by atoms with Crippen LogP contribution in [0.1, 0.15) is 5.56 Å². The van der Waals surface area contributed by atoms with Crippen molar-refractivity contribution >= 4 is 6.01 Å². The van der Waals surface area contributed by atoms with Gasteiger partial charge in [-0.25, -0.2) is 4.98 Å². The van der Waals surface area contributed by atoms with E-state index >= 15 is 0 Å². The van der Waals surface area contributed by atoms with Crippen molar-refractivity contribution in [1.82, 2.24) is 4.98 Å². The Kier molecular flexibility index (Phi) is 3.36. The number of oxazole rings is 1. The third kappa shape index (κ3) is 2.60. The molecule has 106 valence electrons. The highest BCUT2D eigenvalue weighted by Crippen LogP contribution is 2.35. The SMILES string of the molecule is COc1ccc(-c2cccc(C)c2)cc1-c1cnc(N)o1. The fourth-order valence-corrected chi connectivity index (χ4v) is 2.32. The smallest absolute Gasteiger partial charge is 0.292 e. The van der Waals surface area contributed by atoms with Crippen molar-refractivity contribution in [3.05, 3.63) is 54.2 Å². The monoisotopic (exact) mass is 280 g/mol. The number of ether oxygens (including phenoxy) is 1. The fourth-order valence-electron chi connectivity index (χ4n) is 2.32. The van der Waals surface area contributed by atoms with Crippen LogP contribution in [0.25, 0.3) is 22.5 Å². The van der Waals surface area contributed by atoms with E-state index in [-0.39, 0.29) is 6.01 Å². The van der Waals surface area contributed by atoms with Gasteiger partial charge in [0.05, 0.1) is 18.9 Å². The molecule has 21 heavy (non-hydrogen) atoms. The maximum absolute atomic E-state index is 5.56. The molecule has 0 fully saturated rings. The first kappa shape index (κ1) is 13.2. The lowest BCUT2D eigenvalue weighted by atomic mass is 10.00. The van der Waals surface area contributed by atoms with E-state index in [1.54, 1.807) is 13.3 Å². The molecule has 0 radical (unpaired) electrons. The molecule has 0 amide bonds. The van der Waals surface area contributed by atoms with Gasteiger partial charge in [-0.1, -0.05) is 35.9 Å². The molecule has 0 aliphatic rings. The molecule has 4 heteroatoms. The standard InChI is InChI=1S/C17H16N2O2/c1-11-4-3-5-12(8-11)13-6-7-15(20-2)14(9-13)16-10-19-17(18)21-16/h3-10H,1-2H3,(H2,18,19). The second-order valence-electron chi connectivity index (χ2n) is 4.85. The second-order valence-corrected chi connectivity index (χ2v) is 4.85. The normalized spacial score (nSPS) is 10.6. The van der Waals surface area contributed by atoms with E-state index in [0.717, 1.165) is 22.4 Å². The number of anilines is 1. The van der Waals surface area contributed by atoms with Crippen molar-refractivity contribution in [3.8, 4) is 28.2 Å². The summed E-state index contributed by atoms with van der Waals surface area (Å²) in [6, 6.07) is 14.4. The van der Waals surface area contributed by atoms with Crippen LogP contribution in [0.4, 0.5) is 6.01 Å². The lowest BCUT2D eigenvalue weighted by Gasteiger charge is -2.09. The summed E-state index contributed by atoms with van der Waals surface area (Å²) in [7, 11) is 1.63. The summed E-state index contributed by atoms with van der Waals surface area (Å²) < 4.78 is 10.8. The van der Waals surface area contributed by atoms with Crippen LogP contribution in [-0.2, 0) is 0 Å². The third-order valence-electron chi connectivity index (χ3n) is 3.34. The molecule has 2 N–H and O–H groups in total.